The molecule has 1 heterocycles. The molecule has 5 nitrogen and oxygen atoms in total. The number of carboxylic acids is 1. The number of nitrogens with zero attached hydrogens (tertiary/aromatic N) is 1. The van der Waals surface area contributed by atoms with E-state index >= 15 is 0 Å². The van der Waals surface area contributed by atoms with E-state index in [-0.39, 0.29) is 12.5 Å². The zero-order valence-electron chi connectivity index (χ0n) is 13.1. The van der Waals surface area contributed by atoms with Gasteiger partial charge in [0.25, 0.3) is 0 Å². The highest BCUT2D eigenvalue weighted by Crippen LogP contribution is 2.43. The molecule has 2 fully saturated rings. The van der Waals surface area contributed by atoms with Gasteiger partial charge in [0.15, 0.2) is 0 Å². The molecule has 0 bridgehead atoms. The second-order valence-corrected chi connectivity index (χ2v) is 6.75. The first-order chi connectivity index (χ1) is 10.0. The maximum atomic E-state index is 12.3. The van der Waals surface area contributed by atoms with Gasteiger partial charge in [0.05, 0.1) is 0 Å². The fourth-order valence-electron chi connectivity index (χ4n) is 3.52. The fraction of sp³-hybridized carbons (Fsp3) is 0.875. The number of urea groups is 1. The van der Waals surface area contributed by atoms with E-state index in [0.717, 1.165) is 32.4 Å². The lowest BCUT2D eigenvalue weighted by Gasteiger charge is -2.42. The van der Waals surface area contributed by atoms with Crippen molar-refractivity contribution in [3.63, 3.8) is 0 Å². The van der Waals surface area contributed by atoms with Gasteiger partial charge in [0, 0.05) is 26.1 Å². The predicted octanol–water partition coefficient (Wildman–Crippen LogP) is 2.85. The minimum absolute atomic E-state index is 0.0368. The Morgan fingerprint density at radius 2 is 2.10 bits per heavy atom. The SMILES string of the molecule is CCC1(CNC(=O)N2CCCC(CCC(=O)O)C2)CCC1. The van der Waals surface area contributed by atoms with Crippen LogP contribution in [0, 0.1) is 11.3 Å². The molecular formula is C16H28N2O3. The molecule has 0 spiro atoms. The lowest BCUT2D eigenvalue weighted by Crippen LogP contribution is -2.49. The molecule has 1 saturated carbocycles. The van der Waals surface area contributed by atoms with Crippen LogP contribution >= 0.6 is 0 Å². The van der Waals surface area contributed by atoms with E-state index in [1.54, 1.807) is 0 Å². The van der Waals surface area contributed by atoms with Gasteiger partial charge in [-0.2, -0.15) is 0 Å². The number of carbonyl (C=O) groups excluding carboxylic acids is 1. The molecule has 0 radical (unpaired) electrons. The number of carboxylic acid groups (broad SMARTS) is 1. The molecule has 2 amide bonds. The smallest absolute Gasteiger partial charge is 0.317 e. The van der Waals surface area contributed by atoms with Crippen LogP contribution in [0.4, 0.5) is 4.79 Å². The van der Waals surface area contributed by atoms with Gasteiger partial charge in [-0.1, -0.05) is 13.3 Å². The zero-order valence-corrected chi connectivity index (χ0v) is 13.1. The lowest BCUT2D eigenvalue weighted by atomic mass is 9.67. The number of nitrogens with one attached hydrogen (secondary N) is 1. The van der Waals surface area contributed by atoms with Gasteiger partial charge in [-0.3, -0.25) is 4.79 Å². The third kappa shape index (κ3) is 4.35. The topological polar surface area (TPSA) is 69.6 Å². The highest BCUT2D eigenvalue weighted by atomic mass is 16.4. The number of rotatable bonds is 6. The minimum Gasteiger partial charge on any atom is -0.481 e. The zero-order chi connectivity index (χ0) is 15.3. The van der Waals surface area contributed by atoms with Crippen molar-refractivity contribution in [3.8, 4) is 0 Å². The van der Waals surface area contributed by atoms with E-state index in [1.165, 1.54) is 19.3 Å². The van der Waals surface area contributed by atoms with Crippen molar-refractivity contribution >= 4 is 12.0 Å². The Morgan fingerprint density at radius 1 is 1.33 bits per heavy atom. The van der Waals surface area contributed by atoms with Crippen molar-refractivity contribution in [2.75, 3.05) is 19.6 Å². The van der Waals surface area contributed by atoms with Crippen LogP contribution in [-0.2, 0) is 4.79 Å². The molecule has 1 atom stereocenters. The van der Waals surface area contributed by atoms with Gasteiger partial charge in [0.1, 0.15) is 0 Å². The molecular weight excluding hydrogens is 268 g/mol. The van der Waals surface area contributed by atoms with Crippen LogP contribution in [0.3, 0.4) is 0 Å². The summed E-state index contributed by atoms with van der Waals surface area (Å²) in [5.74, 6) is -0.407. The van der Waals surface area contributed by atoms with Crippen molar-refractivity contribution in [2.45, 2.75) is 58.3 Å². The molecule has 1 aliphatic carbocycles. The first-order valence-corrected chi connectivity index (χ1v) is 8.29. The summed E-state index contributed by atoms with van der Waals surface area (Å²) in [6.45, 7) is 4.50. The molecule has 1 saturated heterocycles. The molecule has 2 aliphatic rings. The second kappa shape index (κ2) is 7.14. The quantitative estimate of drug-likeness (QED) is 0.792. The third-order valence-electron chi connectivity index (χ3n) is 5.35. The first kappa shape index (κ1) is 16.1. The molecule has 5 heteroatoms. The van der Waals surface area contributed by atoms with Crippen LogP contribution in [0.25, 0.3) is 0 Å². The van der Waals surface area contributed by atoms with E-state index in [0.29, 0.717) is 24.3 Å². The summed E-state index contributed by atoms with van der Waals surface area (Å²) in [5.41, 5.74) is 0.341. The van der Waals surface area contributed by atoms with Gasteiger partial charge in [-0.05, 0) is 49.9 Å². The number of hydrogen-bond donors (Lipinski definition) is 2. The van der Waals surface area contributed by atoms with E-state index < -0.39 is 5.97 Å². The Kier molecular flexibility index (Phi) is 5.48. The van der Waals surface area contributed by atoms with E-state index in [4.69, 9.17) is 5.11 Å². The van der Waals surface area contributed by atoms with Crippen LogP contribution < -0.4 is 5.32 Å². The molecule has 21 heavy (non-hydrogen) atoms. The molecule has 1 aliphatic heterocycles. The van der Waals surface area contributed by atoms with Crippen LogP contribution in [0.2, 0.25) is 0 Å². The maximum Gasteiger partial charge on any atom is 0.317 e. The highest BCUT2D eigenvalue weighted by Gasteiger charge is 2.35. The van der Waals surface area contributed by atoms with Crippen LogP contribution in [0.5, 0.6) is 0 Å². The molecule has 1 unspecified atom stereocenters. The van der Waals surface area contributed by atoms with E-state index in [1.807, 2.05) is 4.90 Å². The van der Waals surface area contributed by atoms with Crippen molar-refractivity contribution < 1.29 is 14.7 Å². The van der Waals surface area contributed by atoms with E-state index in [9.17, 15) is 9.59 Å². The average Bonchev–Trinajstić information content (AvgIpc) is 2.44. The van der Waals surface area contributed by atoms with Crippen LogP contribution in [-0.4, -0.2) is 41.6 Å². The van der Waals surface area contributed by atoms with Crippen molar-refractivity contribution in [3.05, 3.63) is 0 Å². The normalized spacial score (nSPS) is 24.2. The summed E-state index contributed by atoms with van der Waals surface area (Å²) in [4.78, 5) is 24.8. The van der Waals surface area contributed by atoms with Crippen molar-refractivity contribution in [1.29, 1.82) is 0 Å². The summed E-state index contributed by atoms with van der Waals surface area (Å²) >= 11 is 0. The number of aliphatic carboxylic acids is 1. The van der Waals surface area contributed by atoms with Crippen molar-refractivity contribution in [2.24, 2.45) is 11.3 Å². The van der Waals surface area contributed by atoms with E-state index in [2.05, 4.69) is 12.2 Å². The molecule has 0 aromatic heterocycles. The summed E-state index contributed by atoms with van der Waals surface area (Å²) < 4.78 is 0. The maximum absolute atomic E-state index is 12.3. The number of hydrogen-bond acceptors (Lipinski definition) is 2. The Bertz CT molecular complexity index is 374. The van der Waals surface area contributed by atoms with Gasteiger partial charge in [-0.25, -0.2) is 4.79 Å². The van der Waals surface area contributed by atoms with Crippen LogP contribution in [0.1, 0.15) is 58.3 Å². The average molecular weight is 296 g/mol. The monoisotopic (exact) mass is 296 g/mol. The first-order valence-electron chi connectivity index (χ1n) is 8.29. The number of likely N-dealkylation sites (tertiary alicyclic amines) is 1. The Morgan fingerprint density at radius 3 is 2.67 bits per heavy atom. The molecule has 0 aromatic rings. The van der Waals surface area contributed by atoms with Gasteiger partial charge >= 0.3 is 12.0 Å². The Labute approximate surface area is 127 Å². The molecule has 2 rings (SSSR count). The number of amides is 2. The number of carbonyl (C=O) groups is 2. The standard InChI is InChI=1S/C16H28N2O3/c1-2-16(8-4-9-16)12-17-15(21)18-10-3-5-13(11-18)6-7-14(19)20/h13H,2-12H2,1H3,(H,17,21)(H,19,20). The number of piperidine rings is 1. The molecule has 0 aromatic carbocycles. The Balaban J connectivity index is 1.75. The van der Waals surface area contributed by atoms with Gasteiger partial charge < -0.3 is 15.3 Å². The molecule has 120 valence electrons. The second-order valence-electron chi connectivity index (χ2n) is 6.75. The summed E-state index contributed by atoms with van der Waals surface area (Å²) in [7, 11) is 0. The Hall–Kier alpha value is -1.26. The predicted molar refractivity (Wildman–Crippen MR) is 81.1 cm³/mol. The fourth-order valence-corrected chi connectivity index (χ4v) is 3.52. The largest absolute Gasteiger partial charge is 0.481 e. The lowest BCUT2D eigenvalue weighted by molar-refractivity contribution is -0.137. The summed E-state index contributed by atoms with van der Waals surface area (Å²) in [6.07, 6.45) is 7.78. The highest BCUT2D eigenvalue weighted by molar-refractivity contribution is 5.74. The third-order valence-corrected chi connectivity index (χ3v) is 5.35. The summed E-state index contributed by atoms with van der Waals surface area (Å²) in [6, 6.07) is 0.0368. The van der Waals surface area contributed by atoms with Gasteiger partial charge in [0.2, 0.25) is 0 Å². The van der Waals surface area contributed by atoms with Crippen LogP contribution in [0.15, 0.2) is 0 Å². The van der Waals surface area contributed by atoms with Crippen molar-refractivity contribution in [1.82, 2.24) is 10.2 Å². The molecule has 2 N–H and O–H groups in total. The summed E-state index contributed by atoms with van der Waals surface area (Å²) in [5, 5.41) is 11.9. The van der Waals surface area contributed by atoms with Gasteiger partial charge in [-0.15, -0.1) is 0 Å². The minimum atomic E-state index is -0.744.